The van der Waals surface area contributed by atoms with Gasteiger partial charge in [0.05, 0.1) is 11.9 Å². The molecule has 0 atom stereocenters. The van der Waals surface area contributed by atoms with Crippen LogP contribution in [0.1, 0.15) is 12.2 Å². The maximum absolute atomic E-state index is 4.45. The number of hydrogen-bond donors (Lipinski definition) is 0. The van der Waals surface area contributed by atoms with E-state index in [1.165, 1.54) is 23.5 Å². The SMILES string of the molecule is Brc1cccc(-c2cnc3n2CCC3)c1.[Cl-]. The molecule has 3 rings (SSSR count). The van der Waals surface area contributed by atoms with E-state index >= 15 is 0 Å². The number of hydrogen-bond acceptors (Lipinski definition) is 1. The molecule has 84 valence electrons. The predicted molar refractivity (Wildman–Crippen MR) is 63.7 cm³/mol. The van der Waals surface area contributed by atoms with Crippen molar-refractivity contribution in [1.29, 1.82) is 0 Å². The molecule has 2 aromatic rings. The van der Waals surface area contributed by atoms with Crippen molar-refractivity contribution in [1.82, 2.24) is 9.55 Å². The van der Waals surface area contributed by atoms with Gasteiger partial charge in [0.15, 0.2) is 0 Å². The third-order valence-corrected chi connectivity index (χ3v) is 3.33. The molecule has 2 nitrogen and oxygen atoms in total. The fourth-order valence-electron chi connectivity index (χ4n) is 2.14. The van der Waals surface area contributed by atoms with Crippen LogP contribution >= 0.6 is 15.9 Å². The molecule has 0 saturated carbocycles. The summed E-state index contributed by atoms with van der Waals surface area (Å²) in [4.78, 5) is 4.45. The molecular weight excluding hydrogens is 288 g/mol. The van der Waals surface area contributed by atoms with Crippen molar-refractivity contribution < 1.29 is 12.4 Å². The van der Waals surface area contributed by atoms with Crippen LogP contribution in [0.2, 0.25) is 0 Å². The van der Waals surface area contributed by atoms with Gasteiger partial charge < -0.3 is 17.0 Å². The van der Waals surface area contributed by atoms with E-state index in [1.54, 1.807) is 0 Å². The summed E-state index contributed by atoms with van der Waals surface area (Å²) >= 11 is 3.50. The van der Waals surface area contributed by atoms with Crippen LogP contribution in [0.15, 0.2) is 34.9 Å². The monoisotopic (exact) mass is 297 g/mol. The standard InChI is InChI=1S/C12H11BrN2.ClH/c13-10-4-1-3-9(7-10)11-8-14-12-5-2-6-15(11)12;/h1,3-4,7-8H,2,5-6H2;1H/p-1. The Hall–Kier alpha value is -0.800. The topological polar surface area (TPSA) is 17.8 Å². The summed E-state index contributed by atoms with van der Waals surface area (Å²) in [6.45, 7) is 1.11. The van der Waals surface area contributed by atoms with E-state index in [0.717, 1.165) is 17.4 Å². The second-order valence-electron chi connectivity index (χ2n) is 3.83. The van der Waals surface area contributed by atoms with E-state index in [-0.39, 0.29) is 12.4 Å². The van der Waals surface area contributed by atoms with Gasteiger partial charge in [-0.2, -0.15) is 0 Å². The van der Waals surface area contributed by atoms with Gasteiger partial charge in [0.2, 0.25) is 0 Å². The van der Waals surface area contributed by atoms with Gasteiger partial charge in [0, 0.05) is 23.0 Å². The molecule has 0 fully saturated rings. The summed E-state index contributed by atoms with van der Waals surface area (Å²) in [7, 11) is 0. The number of rotatable bonds is 1. The summed E-state index contributed by atoms with van der Waals surface area (Å²) < 4.78 is 3.44. The maximum atomic E-state index is 4.45. The number of fused-ring (bicyclic) bond motifs is 1. The lowest BCUT2D eigenvalue weighted by atomic mass is 10.2. The molecule has 1 aliphatic rings. The van der Waals surface area contributed by atoms with E-state index in [2.05, 4.69) is 43.7 Å². The van der Waals surface area contributed by atoms with Gasteiger partial charge in [-0.25, -0.2) is 4.98 Å². The lowest BCUT2D eigenvalue weighted by Crippen LogP contribution is -3.00. The minimum Gasteiger partial charge on any atom is -1.00 e. The predicted octanol–water partition coefficient (Wildman–Crippen LogP) is 0.263. The number of benzene rings is 1. The van der Waals surface area contributed by atoms with Crippen LogP contribution in [0, 0.1) is 0 Å². The highest BCUT2D eigenvalue weighted by Crippen LogP contribution is 2.27. The quantitative estimate of drug-likeness (QED) is 0.739. The molecule has 1 aliphatic heterocycles. The number of halogens is 2. The van der Waals surface area contributed by atoms with Gasteiger partial charge in [-0.15, -0.1) is 0 Å². The second-order valence-corrected chi connectivity index (χ2v) is 4.74. The number of imidazole rings is 1. The van der Waals surface area contributed by atoms with E-state index < -0.39 is 0 Å². The Bertz CT molecular complexity index is 507. The lowest BCUT2D eigenvalue weighted by molar-refractivity contribution is -0.00000296. The van der Waals surface area contributed by atoms with Crippen molar-refractivity contribution in [3.8, 4) is 11.3 Å². The molecule has 0 saturated heterocycles. The van der Waals surface area contributed by atoms with E-state index in [1.807, 2.05) is 12.3 Å². The van der Waals surface area contributed by atoms with Crippen molar-refractivity contribution >= 4 is 15.9 Å². The molecule has 0 bridgehead atoms. The summed E-state index contributed by atoms with van der Waals surface area (Å²) in [5, 5.41) is 0. The minimum absolute atomic E-state index is 0. The average molecular weight is 299 g/mol. The van der Waals surface area contributed by atoms with E-state index in [4.69, 9.17) is 0 Å². The maximum Gasteiger partial charge on any atom is 0.109 e. The minimum atomic E-state index is 0. The van der Waals surface area contributed by atoms with Crippen LogP contribution in [-0.2, 0) is 13.0 Å². The molecule has 1 aromatic heterocycles. The highest BCUT2D eigenvalue weighted by Gasteiger charge is 2.16. The molecule has 4 heteroatoms. The van der Waals surface area contributed by atoms with Gasteiger partial charge in [-0.05, 0) is 18.6 Å². The van der Waals surface area contributed by atoms with Gasteiger partial charge in [0.1, 0.15) is 5.82 Å². The fourth-order valence-corrected chi connectivity index (χ4v) is 2.54. The first-order valence-corrected chi connectivity index (χ1v) is 5.94. The summed E-state index contributed by atoms with van der Waals surface area (Å²) in [6.07, 6.45) is 4.33. The first-order chi connectivity index (χ1) is 7.34. The van der Waals surface area contributed by atoms with Crippen molar-refractivity contribution in [3.63, 3.8) is 0 Å². The zero-order valence-electron chi connectivity index (χ0n) is 8.66. The van der Waals surface area contributed by atoms with Crippen molar-refractivity contribution in [2.75, 3.05) is 0 Å². The Labute approximate surface area is 109 Å². The Morgan fingerprint density at radius 2 is 2.19 bits per heavy atom. The largest absolute Gasteiger partial charge is 1.00 e. The number of aromatic nitrogens is 2. The van der Waals surface area contributed by atoms with Crippen molar-refractivity contribution in [2.24, 2.45) is 0 Å². The van der Waals surface area contributed by atoms with Crippen LogP contribution < -0.4 is 12.4 Å². The summed E-state index contributed by atoms with van der Waals surface area (Å²) in [6, 6.07) is 8.38. The van der Waals surface area contributed by atoms with Gasteiger partial charge in [-0.3, -0.25) is 0 Å². The summed E-state index contributed by atoms with van der Waals surface area (Å²) in [5.41, 5.74) is 2.48. The number of aryl methyl sites for hydroxylation is 1. The van der Waals surface area contributed by atoms with Crippen LogP contribution in [0.5, 0.6) is 0 Å². The molecule has 1 aromatic carbocycles. The third-order valence-electron chi connectivity index (χ3n) is 2.84. The molecule has 0 N–H and O–H groups in total. The highest BCUT2D eigenvalue weighted by atomic mass is 79.9. The lowest BCUT2D eigenvalue weighted by Gasteiger charge is -2.04. The molecule has 0 aliphatic carbocycles. The van der Waals surface area contributed by atoms with Crippen LogP contribution in [-0.4, -0.2) is 9.55 Å². The molecule has 0 radical (unpaired) electrons. The Morgan fingerprint density at radius 1 is 1.31 bits per heavy atom. The van der Waals surface area contributed by atoms with E-state index in [9.17, 15) is 0 Å². The van der Waals surface area contributed by atoms with Crippen molar-refractivity contribution in [2.45, 2.75) is 19.4 Å². The molecule has 0 unspecified atom stereocenters. The van der Waals surface area contributed by atoms with Crippen LogP contribution in [0.4, 0.5) is 0 Å². The molecule has 0 spiro atoms. The average Bonchev–Trinajstić information content (AvgIpc) is 2.77. The third kappa shape index (κ3) is 1.89. The second kappa shape index (κ2) is 4.60. The Balaban J connectivity index is 0.000000963. The fraction of sp³-hybridized carbons (Fsp3) is 0.250. The van der Waals surface area contributed by atoms with Crippen molar-refractivity contribution in [3.05, 3.63) is 40.8 Å². The summed E-state index contributed by atoms with van der Waals surface area (Å²) in [5.74, 6) is 1.23. The molecular formula is C12H11BrClN2-. The Kier molecular flexibility index (Phi) is 3.36. The first kappa shape index (κ1) is 11.7. The molecule has 0 amide bonds. The molecule has 2 heterocycles. The smallest absolute Gasteiger partial charge is 0.109 e. The van der Waals surface area contributed by atoms with E-state index in [0.29, 0.717) is 0 Å². The number of nitrogens with zero attached hydrogens (tertiary/aromatic N) is 2. The first-order valence-electron chi connectivity index (χ1n) is 5.15. The Morgan fingerprint density at radius 3 is 3.00 bits per heavy atom. The molecule has 16 heavy (non-hydrogen) atoms. The van der Waals surface area contributed by atoms with Crippen LogP contribution in [0.25, 0.3) is 11.3 Å². The van der Waals surface area contributed by atoms with Crippen LogP contribution in [0.3, 0.4) is 0 Å². The zero-order chi connectivity index (χ0) is 10.3. The van der Waals surface area contributed by atoms with Gasteiger partial charge in [0.25, 0.3) is 0 Å². The normalized spacial score (nSPS) is 13.3. The van der Waals surface area contributed by atoms with Gasteiger partial charge >= 0.3 is 0 Å². The zero-order valence-corrected chi connectivity index (χ0v) is 11.0. The van der Waals surface area contributed by atoms with Gasteiger partial charge in [-0.1, -0.05) is 28.1 Å². The highest BCUT2D eigenvalue weighted by molar-refractivity contribution is 9.10.